The van der Waals surface area contributed by atoms with Crippen LogP contribution in [-0.2, 0) is 4.79 Å². The summed E-state index contributed by atoms with van der Waals surface area (Å²) in [5.74, 6) is -0.0979. The number of hydrogen-bond donors (Lipinski definition) is 3. The maximum absolute atomic E-state index is 11.7. The molecular weight excluding hydrogens is 190 g/mol. The molecule has 88 valence electrons. The monoisotopic (exact) mass is 213 g/mol. The molecule has 4 heteroatoms. The molecule has 0 aromatic rings. The molecule has 1 amide bonds. The second-order valence-electron chi connectivity index (χ2n) is 5.78. The quantitative estimate of drug-likeness (QED) is 0.633. The van der Waals surface area contributed by atoms with Gasteiger partial charge >= 0.3 is 0 Å². The van der Waals surface area contributed by atoms with Gasteiger partial charge in [-0.2, -0.15) is 0 Å². The second-order valence-corrected chi connectivity index (χ2v) is 5.78. The van der Waals surface area contributed by atoms with Crippen LogP contribution in [-0.4, -0.2) is 24.0 Å². The van der Waals surface area contributed by atoms with Gasteiger partial charge in [0, 0.05) is 12.1 Å². The third kappa shape index (κ3) is 3.18. The minimum atomic E-state index is -0.471. The zero-order valence-corrected chi connectivity index (χ0v) is 9.97. The molecule has 1 fully saturated rings. The van der Waals surface area contributed by atoms with Crippen LogP contribution in [0.3, 0.4) is 0 Å². The zero-order valence-electron chi connectivity index (χ0n) is 9.97. The van der Waals surface area contributed by atoms with Gasteiger partial charge in [0.05, 0.1) is 6.04 Å². The van der Waals surface area contributed by atoms with Crippen molar-refractivity contribution in [3.05, 3.63) is 0 Å². The average molecular weight is 213 g/mol. The Morgan fingerprint density at radius 3 is 2.33 bits per heavy atom. The van der Waals surface area contributed by atoms with Gasteiger partial charge < -0.3 is 16.8 Å². The standard InChI is InChI=1S/C11H23N3O/c1-10(2,3)8(12)9(15)14-7-11(13)5-4-6-11/h8H,4-7,12-13H2,1-3H3,(H,14,15)/t8-/m1/s1. The fraction of sp³-hybridized carbons (Fsp3) is 0.909. The number of nitrogens with two attached hydrogens (primary N) is 2. The molecule has 1 saturated carbocycles. The Morgan fingerprint density at radius 2 is 2.00 bits per heavy atom. The molecule has 0 spiro atoms. The summed E-state index contributed by atoms with van der Waals surface area (Å²) in [6.45, 7) is 6.42. The lowest BCUT2D eigenvalue weighted by molar-refractivity contribution is -0.124. The van der Waals surface area contributed by atoms with Crippen molar-refractivity contribution in [2.75, 3.05) is 6.54 Å². The first-order valence-electron chi connectivity index (χ1n) is 5.57. The van der Waals surface area contributed by atoms with E-state index < -0.39 is 6.04 Å². The maximum Gasteiger partial charge on any atom is 0.237 e. The van der Waals surface area contributed by atoms with Gasteiger partial charge in [-0.05, 0) is 24.7 Å². The van der Waals surface area contributed by atoms with Gasteiger partial charge in [0.15, 0.2) is 0 Å². The van der Waals surface area contributed by atoms with Crippen LogP contribution < -0.4 is 16.8 Å². The third-order valence-electron chi connectivity index (χ3n) is 3.18. The van der Waals surface area contributed by atoms with Crippen LogP contribution >= 0.6 is 0 Å². The smallest absolute Gasteiger partial charge is 0.237 e. The third-order valence-corrected chi connectivity index (χ3v) is 3.18. The Morgan fingerprint density at radius 1 is 1.47 bits per heavy atom. The van der Waals surface area contributed by atoms with Crippen molar-refractivity contribution in [1.29, 1.82) is 0 Å². The van der Waals surface area contributed by atoms with Crippen LogP contribution in [0.1, 0.15) is 40.0 Å². The Hall–Kier alpha value is -0.610. The zero-order chi connectivity index (χ0) is 11.7. The molecule has 5 N–H and O–H groups in total. The van der Waals surface area contributed by atoms with Crippen molar-refractivity contribution in [1.82, 2.24) is 5.32 Å². The highest BCUT2D eigenvalue weighted by atomic mass is 16.2. The van der Waals surface area contributed by atoms with Crippen LogP contribution in [0.4, 0.5) is 0 Å². The van der Waals surface area contributed by atoms with Gasteiger partial charge in [-0.3, -0.25) is 4.79 Å². The summed E-state index contributed by atoms with van der Waals surface area (Å²) in [6.07, 6.45) is 3.16. The molecule has 1 atom stereocenters. The topological polar surface area (TPSA) is 81.1 Å². The van der Waals surface area contributed by atoms with Crippen LogP contribution in [0.2, 0.25) is 0 Å². The summed E-state index contributed by atoms with van der Waals surface area (Å²) >= 11 is 0. The fourth-order valence-corrected chi connectivity index (χ4v) is 1.57. The number of carbonyl (C=O) groups is 1. The first-order valence-corrected chi connectivity index (χ1v) is 5.57. The highest BCUT2D eigenvalue weighted by Crippen LogP contribution is 2.28. The lowest BCUT2D eigenvalue weighted by Crippen LogP contribution is -2.58. The van der Waals surface area contributed by atoms with E-state index in [4.69, 9.17) is 11.5 Å². The van der Waals surface area contributed by atoms with Crippen molar-refractivity contribution in [3.63, 3.8) is 0 Å². The highest BCUT2D eigenvalue weighted by molar-refractivity contribution is 5.82. The first kappa shape index (κ1) is 12.5. The summed E-state index contributed by atoms with van der Waals surface area (Å²) in [5, 5.41) is 2.84. The number of carbonyl (C=O) groups excluding carboxylic acids is 1. The van der Waals surface area contributed by atoms with Crippen molar-refractivity contribution in [3.8, 4) is 0 Å². The Kier molecular flexibility index (Phi) is 3.41. The number of hydrogen-bond acceptors (Lipinski definition) is 3. The van der Waals surface area contributed by atoms with Gasteiger partial charge in [0.1, 0.15) is 0 Å². The summed E-state index contributed by atoms with van der Waals surface area (Å²) in [5.41, 5.74) is 11.5. The average Bonchev–Trinajstić information content (AvgIpc) is 2.08. The molecule has 0 saturated heterocycles. The van der Waals surface area contributed by atoms with Crippen molar-refractivity contribution < 1.29 is 4.79 Å². The summed E-state index contributed by atoms with van der Waals surface area (Å²) < 4.78 is 0. The number of rotatable bonds is 3. The van der Waals surface area contributed by atoms with Gasteiger partial charge in [-0.1, -0.05) is 20.8 Å². The van der Waals surface area contributed by atoms with Crippen LogP contribution in [0, 0.1) is 5.41 Å². The maximum atomic E-state index is 11.7. The molecule has 0 heterocycles. The minimum absolute atomic E-state index is 0.0979. The summed E-state index contributed by atoms with van der Waals surface area (Å²) in [7, 11) is 0. The van der Waals surface area contributed by atoms with E-state index in [0.717, 1.165) is 19.3 Å². The second kappa shape index (κ2) is 4.10. The van der Waals surface area contributed by atoms with Crippen LogP contribution in [0.25, 0.3) is 0 Å². The Balaban J connectivity index is 2.36. The molecule has 0 radical (unpaired) electrons. The van der Waals surface area contributed by atoms with E-state index in [-0.39, 0.29) is 16.9 Å². The molecule has 15 heavy (non-hydrogen) atoms. The highest BCUT2D eigenvalue weighted by Gasteiger charge is 2.34. The van der Waals surface area contributed by atoms with Crippen molar-refractivity contribution >= 4 is 5.91 Å². The molecule has 4 nitrogen and oxygen atoms in total. The molecule has 0 aromatic heterocycles. The molecule has 0 unspecified atom stereocenters. The summed E-state index contributed by atoms with van der Waals surface area (Å²) in [6, 6.07) is -0.471. The van der Waals surface area contributed by atoms with E-state index in [1.165, 1.54) is 0 Å². The molecule has 1 aliphatic carbocycles. The van der Waals surface area contributed by atoms with E-state index >= 15 is 0 Å². The molecule has 0 aliphatic heterocycles. The molecule has 0 bridgehead atoms. The van der Waals surface area contributed by atoms with Crippen LogP contribution in [0.15, 0.2) is 0 Å². The number of amides is 1. The van der Waals surface area contributed by atoms with Crippen molar-refractivity contribution in [2.45, 2.75) is 51.6 Å². The van der Waals surface area contributed by atoms with E-state index in [0.29, 0.717) is 6.54 Å². The first-order chi connectivity index (χ1) is 6.75. The largest absolute Gasteiger partial charge is 0.353 e. The Bertz CT molecular complexity index is 241. The molecule has 1 rings (SSSR count). The molecule has 1 aliphatic rings. The van der Waals surface area contributed by atoms with Gasteiger partial charge in [-0.15, -0.1) is 0 Å². The lowest BCUT2D eigenvalue weighted by atomic mass is 9.77. The molecule has 0 aromatic carbocycles. The van der Waals surface area contributed by atoms with Gasteiger partial charge in [0.2, 0.25) is 5.91 Å². The lowest BCUT2D eigenvalue weighted by Gasteiger charge is -2.38. The van der Waals surface area contributed by atoms with E-state index in [9.17, 15) is 4.79 Å². The normalized spacial score (nSPS) is 21.7. The summed E-state index contributed by atoms with van der Waals surface area (Å²) in [4.78, 5) is 11.7. The predicted octanol–water partition coefficient (Wildman–Crippen LogP) is 0.357. The number of nitrogens with one attached hydrogen (secondary N) is 1. The fourth-order valence-electron chi connectivity index (χ4n) is 1.57. The predicted molar refractivity (Wildman–Crippen MR) is 61.2 cm³/mol. The Labute approximate surface area is 91.8 Å². The van der Waals surface area contributed by atoms with Gasteiger partial charge in [0.25, 0.3) is 0 Å². The minimum Gasteiger partial charge on any atom is -0.353 e. The van der Waals surface area contributed by atoms with E-state index in [1.807, 2.05) is 20.8 Å². The van der Waals surface area contributed by atoms with E-state index in [2.05, 4.69) is 5.32 Å². The van der Waals surface area contributed by atoms with Gasteiger partial charge in [-0.25, -0.2) is 0 Å². The van der Waals surface area contributed by atoms with E-state index in [1.54, 1.807) is 0 Å². The SMILES string of the molecule is CC(C)(C)[C@H](N)C(=O)NCC1(N)CCC1. The van der Waals surface area contributed by atoms with Crippen molar-refractivity contribution in [2.24, 2.45) is 16.9 Å². The molecular formula is C11H23N3O. The van der Waals surface area contributed by atoms with Crippen LogP contribution in [0.5, 0.6) is 0 Å².